The van der Waals surface area contributed by atoms with Crippen molar-refractivity contribution in [1.82, 2.24) is 0 Å². The molecule has 2 rings (SSSR count). The second-order valence-electron chi connectivity index (χ2n) is 4.83. The maximum absolute atomic E-state index is 11.9. The fraction of sp³-hybridized carbons (Fsp3) is 0.0625. The largest absolute Gasteiger partial charge is 0.524 e. The number of amides is 1. The number of ether oxygens (including phenoxy) is 1. The lowest BCUT2D eigenvalue weighted by molar-refractivity contribution is -0.111. The molecule has 25 heavy (non-hydrogen) atoms. The van der Waals surface area contributed by atoms with Gasteiger partial charge in [0, 0.05) is 16.8 Å². The van der Waals surface area contributed by atoms with Gasteiger partial charge in [-0.05, 0) is 42.0 Å². The van der Waals surface area contributed by atoms with Crippen LogP contribution in [-0.2, 0) is 9.36 Å². The highest BCUT2D eigenvalue weighted by molar-refractivity contribution is 7.46. The monoisotopic (exact) mass is 383 g/mol. The second kappa shape index (κ2) is 8.18. The third-order valence-corrected chi connectivity index (χ3v) is 3.59. The molecule has 0 bridgehead atoms. The lowest BCUT2D eigenvalue weighted by Crippen LogP contribution is -2.07. The van der Waals surface area contributed by atoms with Crippen LogP contribution in [0.5, 0.6) is 11.5 Å². The molecular formula is C16H15ClNO6P. The first-order chi connectivity index (χ1) is 11.8. The van der Waals surface area contributed by atoms with E-state index in [0.29, 0.717) is 16.3 Å². The maximum Gasteiger partial charge on any atom is 0.524 e. The van der Waals surface area contributed by atoms with Crippen LogP contribution in [0.1, 0.15) is 5.56 Å². The van der Waals surface area contributed by atoms with Gasteiger partial charge in [0.2, 0.25) is 5.91 Å². The molecule has 0 aromatic heterocycles. The molecule has 0 radical (unpaired) electrons. The van der Waals surface area contributed by atoms with Crippen molar-refractivity contribution in [1.29, 1.82) is 0 Å². The van der Waals surface area contributed by atoms with Crippen molar-refractivity contribution in [3.63, 3.8) is 0 Å². The number of carbonyl (C=O) groups is 1. The molecule has 2 aromatic rings. The van der Waals surface area contributed by atoms with Gasteiger partial charge in [0.25, 0.3) is 0 Å². The number of halogens is 1. The summed E-state index contributed by atoms with van der Waals surface area (Å²) in [5.74, 6) is -0.368. The van der Waals surface area contributed by atoms with Crippen LogP contribution in [0.2, 0.25) is 5.02 Å². The summed E-state index contributed by atoms with van der Waals surface area (Å²) < 4.78 is 20.6. The number of anilines is 1. The zero-order valence-corrected chi connectivity index (χ0v) is 14.7. The van der Waals surface area contributed by atoms with Crippen molar-refractivity contribution in [3.8, 4) is 11.5 Å². The van der Waals surface area contributed by atoms with Crippen LogP contribution >= 0.6 is 19.4 Å². The van der Waals surface area contributed by atoms with Gasteiger partial charge < -0.3 is 14.6 Å². The molecule has 9 heteroatoms. The minimum absolute atomic E-state index is 0.131. The van der Waals surface area contributed by atoms with E-state index >= 15 is 0 Å². The topological polar surface area (TPSA) is 105 Å². The summed E-state index contributed by atoms with van der Waals surface area (Å²) in [6.07, 6.45) is 2.73. The smallest absolute Gasteiger partial charge is 0.493 e. The summed E-state index contributed by atoms with van der Waals surface area (Å²) in [5, 5.41) is 3.13. The molecule has 0 spiro atoms. The molecule has 2 aromatic carbocycles. The number of nitrogens with one attached hydrogen (secondary N) is 1. The summed E-state index contributed by atoms with van der Waals surface area (Å²) >= 11 is 5.84. The molecule has 0 fully saturated rings. The van der Waals surface area contributed by atoms with Crippen molar-refractivity contribution >= 4 is 37.1 Å². The van der Waals surface area contributed by atoms with Gasteiger partial charge in [0.1, 0.15) is 0 Å². The predicted molar refractivity (Wildman–Crippen MR) is 94.8 cm³/mol. The highest BCUT2D eigenvalue weighted by Crippen LogP contribution is 2.42. The van der Waals surface area contributed by atoms with Crippen LogP contribution in [0.25, 0.3) is 6.08 Å². The minimum atomic E-state index is -4.73. The summed E-state index contributed by atoms with van der Waals surface area (Å²) in [5.41, 5.74) is 1.04. The minimum Gasteiger partial charge on any atom is -0.493 e. The Morgan fingerprint density at radius 2 is 1.96 bits per heavy atom. The molecule has 3 N–H and O–H groups in total. The molecule has 132 valence electrons. The first-order valence-corrected chi connectivity index (χ1v) is 8.85. The van der Waals surface area contributed by atoms with E-state index in [0.717, 1.165) is 0 Å². The van der Waals surface area contributed by atoms with Crippen molar-refractivity contribution < 1.29 is 28.4 Å². The van der Waals surface area contributed by atoms with Crippen molar-refractivity contribution in [2.75, 3.05) is 12.4 Å². The number of phosphoric ester groups is 1. The Morgan fingerprint density at radius 1 is 1.20 bits per heavy atom. The molecule has 0 unspecified atom stereocenters. The van der Waals surface area contributed by atoms with Crippen molar-refractivity contribution in [2.45, 2.75) is 0 Å². The van der Waals surface area contributed by atoms with E-state index in [1.165, 1.54) is 31.4 Å². The molecule has 1 amide bonds. The highest BCUT2D eigenvalue weighted by Gasteiger charge is 2.19. The third kappa shape index (κ3) is 6.25. The van der Waals surface area contributed by atoms with Gasteiger partial charge >= 0.3 is 7.82 Å². The van der Waals surface area contributed by atoms with Gasteiger partial charge in [-0.1, -0.05) is 23.7 Å². The van der Waals surface area contributed by atoms with Gasteiger partial charge in [-0.3, -0.25) is 14.6 Å². The lowest BCUT2D eigenvalue weighted by atomic mass is 10.2. The van der Waals surface area contributed by atoms with Crippen LogP contribution in [-0.4, -0.2) is 22.8 Å². The number of hydrogen-bond donors (Lipinski definition) is 3. The first kappa shape index (κ1) is 19.0. The van der Waals surface area contributed by atoms with Crippen LogP contribution in [0.15, 0.2) is 48.5 Å². The quantitative estimate of drug-likeness (QED) is 0.521. The predicted octanol–water partition coefficient (Wildman–Crippen LogP) is 3.47. The number of methoxy groups -OCH3 is 1. The number of carbonyl (C=O) groups excluding carboxylic acids is 1. The molecule has 0 saturated carbocycles. The Kier molecular flexibility index (Phi) is 6.22. The third-order valence-electron chi connectivity index (χ3n) is 2.92. The van der Waals surface area contributed by atoms with E-state index in [-0.39, 0.29) is 11.5 Å². The highest BCUT2D eigenvalue weighted by atomic mass is 35.5. The number of phosphoric acid groups is 1. The molecule has 0 aliphatic heterocycles. The Hall–Kier alpha value is -2.31. The summed E-state index contributed by atoms with van der Waals surface area (Å²) in [6.45, 7) is 0. The van der Waals surface area contributed by atoms with Gasteiger partial charge in [0.15, 0.2) is 11.5 Å². The second-order valence-corrected chi connectivity index (χ2v) is 6.43. The SMILES string of the molecule is COc1ccc(/C=C/C(=O)Nc2cccc(Cl)c2)cc1OP(=O)(O)O. The van der Waals surface area contributed by atoms with Crippen LogP contribution < -0.4 is 14.6 Å². The molecule has 0 saturated heterocycles. The lowest BCUT2D eigenvalue weighted by Gasteiger charge is -2.11. The molecule has 0 aliphatic rings. The van der Waals surface area contributed by atoms with Crippen molar-refractivity contribution in [2.24, 2.45) is 0 Å². The zero-order chi connectivity index (χ0) is 18.4. The summed E-state index contributed by atoms with van der Waals surface area (Å²) in [7, 11) is -3.39. The van der Waals surface area contributed by atoms with Crippen LogP contribution in [0.4, 0.5) is 5.69 Å². The summed E-state index contributed by atoms with van der Waals surface area (Å²) in [4.78, 5) is 29.8. The van der Waals surface area contributed by atoms with E-state index in [9.17, 15) is 9.36 Å². The Bertz CT molecular complexity index is 848. The Labute approximate surface area is 149 Å². The van der Waals surface area contributed by atoms with Gasteiger partial charge in [-0.2, -0.15) is 0 Å². The summed E-state index contributed by atoms with van der Waals surface area (Å²) in [6, 6.07) is 11.1. The number of benzene rings is 2. The molecule has 0 heterocycles. The number of hydrogen-bond acceptors (Lipinski definition) is 4. The molecule has 0 aliphatic carbocycles. The molecule has 7 nitrogen and oxygen atoms in total. The van der Waals surface area contributed by atoms with Gasteiger partial charge in [-0.15, -0.1) is 0 Å². The normalized spacial score (nSPS) is 11.4. The molecular weight excluding hydrogens is 369 g/mol. The fourth-order valence-electron chi connectivity index (χ4n) is 1.92. The van der Waals surface area contributed by atoms with Crippen molar-refractivity contribution in [3.05, 3.63) is 59.1 Å². The average Bonchev–Trinajstić information content (AvgIpc) is 2.51. The number of rotatable bonds is 6. The maximum atomic E-state index is 11.9. The van der Waals surface area contributed by atoms with E-state index in [1.807, 2.05) is 0 Å². The van der Waals surface area contributed by atoms with Gasteiger partial charge in [0.05, 0.1) is 7.11 Å². The van der Waals surface area contributed by atoms with Crippen LogP contribution in [0, 0.1) is 0 Å². The molecule has 0 atom stereocenters. The Morgan fingerprint density at radius 3 is 2.60 bits per heavy atom. The van der Waals surface area contributed by atoms with E-state index in [1.54, 1.807) is 30.3 Å². The van der Waals surface area contributed by atoms with Gasteiger partial charge in [-0.25, -0.2) is 4.57 Å². The standard InChI is InChI=1S/C16H15ClNO6P/c1-23-14-7-5-11(9-15(14)24-25(20,21)22)6-8-16(19)18-13-4-2-3-12(17)10-13/h2-10H,1H3,(H,18,19)(H2,20,21,22)/b8-6+. The van der Waals surface area contributed by atoms with E-state index < -0.39 is 13.7 Å². The van der Waals surface area contributed by atoms with E-state index in [2.05, 4.69) is 9.84 Å². The fourth-order valence-corrected chi connectivity index (χ4v) is 2.51. The Balaban J connectivity index is 2.13. The van der Waals surface area contributed by atoms with E-state index in [4.69, 9.17) is 26.1 Å². The first-order valence-electron chi connectivity index (χ1n) is 6.94. The average molecular weight is 384 g/mol. The zero-order valence-electron chi connectivity index (χ0n) is 13.0. The van der Waals surface area contributed by atoms with Crippen LogP contribution in [0.3, 0.4) is 0 Å².